The van der Waals surface area contributed by atoms with Gasteiger partial charge in [-0.25, -0.2) is 0 Å². The average molecular weight is 273 g/mol. The fraction of sp³-hybridized carbons (Fsp3) is 0.684. The Labute approximate surface area is 125 Å². The summed E-state index contributed by atoms with van der Waals surface area (Å²) in [6.07, 6.45) is 9.68. The van der Waals surface area contributed by atoms with Crippen LogP contribution in [-0.4, -0.2) is 6.54 Å². The lowest BCUT2D eigenvalue weighted by Gasteiger charge is -2.07. The Balaban J connectivity index is 1.48. The monoisotopic (exact) mass is 273 g/mol. The van der Waals surface area contributed by atoms with Crippen LogP contribution in [0.1, 0.15) is 75.8 Å². The van der Waals surface area contributed by atoms with E-state index in [2.05, 4.69) is 43.4 Å². The van der Waals surface area contributed by atoms with Gasteiger partial charge in [0, 0.05) is 6.54 Å². The highest BCUT2D eigenvalue weighted by molar-refractivity contribution is 5.27. The van der Waals surface area contributed by atoms with Crippen LogP contribution >= 0.6 is 0 Å². The molecule has 0 aliphatic heterocycles. The van der Waals surface area contributed by atoms with E-state index < -0.39 is 0 Å². The van der Waals surface area contributed by atoms with Gasteiger partial charge >= 0.3 is 0 Å². The molecule has 0 aromatic heterocycles. The first-order valence-electron chi connectivity index (χ1n) is 8.55. The highest BCUT2D eigenvalue weighted by Crippen LogP contribution is 2.39. The molecule has 1 aliphatic carbocycles. The van der Waals surface area contributed by atoms with E-state index in [1.165, 1.54) is 50.5 Å². The summed E-state index contributed by atoms with van der Waals surface area (Å²) >= 11 is 0. The van der Waals surface area contributed by atoms with Gasteiger partial charge in [0.15, 0.2) is 0 Å². The van der Waals surface area contributed by atoms with Crippen LogP contribution in [0.25, 0.3) is 0 Å². The zero-order chi connectivity index (χ0) is 14.2. The molecule has 0 bridgehead atoms. The molecule has 20 heavy (non-hydrogen) atoms. The van der Waals surface area contributed by atoms with Crippen molar-refractivity contribution in [2.45, 2.75) is 71.3 Å². The van der Waals surface area contributed by atoms with Crippen LogP contribution in [0.4, 0.5) is 0 Å². The Morgan fingerprint density at radius 2 is 1.70 bits per heavy atom. The van der Waals surface area contributed by atoms with Gasteiger partial charge in [-0.1, -0.05) is 63.8 Å². The van der Waals surface area contributed by atoms with Crippen LogP contribution in [0.3, 0.4) is 0 Å². The predicted octanol–water partition coefficient (Wildman–Crippen LogP) is 5.26. The molecule has 0 spiro atoms. The molecule has 1 aliphatic rings. The van der Waals surface area contributed by atoms with Crippen molar-refractivity contribution in [2.24, 2.45) is 5.92 Å². The molecule has 0 amide bonds. The van der Waals surface area contributed by atoms with Crippen LogP contribution in [0, 0.1) is 5.92 Å². The Morgan fingerprint density at radius 1 is 1.00 bits per heavy atom. The lowest BCUT2D eigenvalue weighted by atomic mass is 10.0. The average Bonchev–Trinajstić information content (AvgIpc) is 3.27. The maximum atomic E-state index is 3.57. The standard InChI is InChI=1S/C19H31N/c1-16(2)7-5-3-4-6-14-20-15-17-8-10-18(11-9-17)19-12-13-19/h8-11,16,19-20H,3-7,12-15H2,1-2H3. The summed E-state index contributed by atoms with van der Waals surface area (Å²) in [4.78, 5) is 0. The third-order valence-corrected chi connectivity index (χ3v) is 4.24. The van der Waals surface area contributed by atoms with Crippen molar-refractivity contribution in [1.82, 2.24) is 5.32 Å². The van der Waals surface area contributed by atoms with Crippen molar-refractivity contribution in [3.8, 4) is 0 Å². The Hall–Kier alpha value is -0.820. The molecule has 1 aromatic rings. The summed E-state index contributed by atoms with van der Waals surface area (Å²) in [5, 5.41) is 3.57. The van der Waals surface area contributed by atoms with Gasteiger partial charge in [0.05, 0.1) is 0 Å². The van der Waals surface area contributed by atoms with Gasteiger partial charge in [0.25, 0.3) is 0 Å². The number of unbranched alkanes of at least 4 members (excludes halogenated alkanes) is 3. The van der Waals surface area contributed by atoms with Crippen LogP contribution in [0.5, 0.6) is 0 Å². The van der Waals surface area contributed by atoms with Crippen molar-refractivity contribution < 1.29 is 0 Å². The molecule has 1 nitrogen and oxygen atoms in total. The number of hydrogen-bond donors (Lipinski definition) is 1. The van der Waals surface area contributed by atoms with Crippen molar-refractivity contribution >= 4 is 0 Å². The summed E-state index contributed by atoms with van der Waals surface area (Å²) in [7, 11) is 0. The van der Waals surface area contributed by atoms with E-state index in [1.807, 2.05) is 0 Å². The smallest absolute Gasteiger partial charge is 0.0205 e. The quantitative estimate of drug-likeness (QED) is 0.573. The number of rotatable bonds is 10. The summed E-state index contributed by atoms with van der Waals surface area (Å²) in [6, 6.07) is 9.23. The number of benzene rings is 1. The largest absolute Gasteiger partial charge is 0.313 e. The first kappa shape index (κ1) is 15.6. The van der Waals surface area contributed by atoms with Gasteiger partial charge in [-0.3, -0.25) is 0 Å². The first-order valence-corrected chi connectivity index (χ1v) is 8.55. The lowest BCUT2D eigenvalue weighted by molar-refractivity contribution is 0.512. The van der Waals surface area contributed by atoms with Crippen molar-refractivity contribution in [1.29, 1.82) is 0 Å². The van der Waals surface area contributed by atoms with Gasteiger partial charge in [-0.2, -0.15) is 0 Å². The van der Waals surface area contributed by atoms with E-state index in [0.717, 1.165) is 24.9 Å². The first-order chi connectivity index (χ1) is 9.75. The predicted molar refractivity (Wildman–Crippen MR) is 88.0 cm³/mol. The van der Waals surface area contributed by atoms with E-state index in [0.29, 0.717) is 0 Å². The van der Waals surface area contributed by atoms with Gasteiger partial charge in [0.2, 0.25) is 0 Å². The second-order valence-corrected chi connectivity index (χ2v) is 6.79. The molecule has 0 atom stereocenters. The Bertz CT molecular complexity index is 362. The van der Waals surface area contributed by atoms with Crippen LogP contribution < -0.4 is 5.32 Å². The molecule has 0 saturated heterocycles. The summed E-state index contributed by atoms with van der Waals surface area (Å²) in [5.74, 6) is 1.74. The highest BCUT2D eigenvalue weighted by Gasteiger charge is 2.22. The summed E-state index contributed by atoms with van der Waals surface area (Å²) < 4.78 is 0. The molecule has 1 heteroatoms. The van der Waals surface area contributed by atoms with E-state index in [4.69, 9.17) is 0 Å². The van der Waals surface area contributed by atoms with Crippen LogP contribution in [0.15, 0.2) is 24.3 Å². The van der Waals surface area contributed by atoms with Gasteiger partial charge < -0.3 is 5.32 Å². The molecular weight excluding hydrogens is 242 g/mol. The minimum Gasteiger partial charge on any atom is -0.313 e. The lowest BCUT2D eigenvalue weighted by Crippen LogP contribution is -2.14. The Kier molecular flexibility index (Phi) is 6.59. The number of hydrogen-bond acceptors (Lipinski definition) is 1. The van der Waals surface area contributed by atoms with Gasteiger partial charge in [0.1, 0.15) is 0 Å². The normalized spacial score (nSPS) is 14.9. The summed E-state index contributed by atoms with van der Waals surface area (Å²) in [6.45, 7) is 6.81. The topological polar surface area (TPSA) is 12.0 Å². The SMILES string of the molecule is CC(C)CCCCCCNCc1ccc(C2CC2)cc1. The minimum atomic E-state index is 0.867. The third kappa shape index (κ3) is 6.09. The number of nitrogens with one attached hydrogen (secondary N) is 1. The maximum absolute atomic E-state index is 3.57. The summed E-state index contributed by atoms with van der Waals surface area (Å²) in [5.41, 5.74) is 2.97. The Morgan fingerprint density at radius 3 is 2.35 bits per heavy atom. The fourth-order valence-corrected chi connectivity index (χ4v) is 2.71. The van der Waals surface area contributed by atoms with Crippen LogP contribution in [-0.2, 0) is 6.54 Å². The molecule has 0 radical (unpaired) electrons. The third-order valence-electron chi connectivity index (χ3n) is 4.24. The van der Waals surface area contributed by atoms with Crippen LogP contribution in [0.2, 0.25) is 0 Å². The molecular formula is C19H31N. The molecule has 1 aromatic carbocycles. The molecule has 2 rings (SSSR count). The van der Waals surface area contributed by atoms with E-state index >= 15 is 0 Å². The van der Waals surface area contributed by atoms with Gasteiger partial charge in [-0.15, -0.1) is 0 Å². The second kappa shape index (κ2) is 8.46. The molecule has 112 valence electrons. The fourth-order valence-electron chi connectivity index (χ4n) is 2.71. The van der Waals surface area contributed by atoms with E-state index in [9.17, 15) is 0 Å². The van der Waals surface area contributed by atoms with Gasteiger partial charge in [-0.05, 0) is 48.8 Å². The molecule has 1 N–H and O–H groups in total. The van der Waals surface area contributed by atoms with Crippen molar-refractivity contribution in [3.63, 3.8) is 0 Å². The maximum Gasteiger partial charge on any atom is 0.0205 e. The second-order valence-electron chi connectivity index (χ2n) is 6.79. The minimum absolute atomic E-state index is 0.867. The van der Waals surface area contributed by atoms with Crippen molar-refractivity contribution in [2.75, 3.05) is 6.54 Å². The highest BCUT2D eigenvalue weighted by atomic mass is 14.8. The molecule has 1 fully saturated rings. The molecule has 0 unspecified atom stereocenters. The molecule has 1 saturated carbocycles. The zero-order valence-corrected chi connectivity index (χ0v) is 13.3. The van der Waals surface area contributed by atoms with Crippen molar-refractivity contribution in [3.05, 3.63) is 35.4 Å². The molecule has 0 heterocycles. The van der Waals surface area contributed by atoms with E-state index in [1.54, 1.807) is 5.56 Å². The van der Waals surface area contributed by atoms with E-state index in [-0.39, 0.29) is 0 Å². The zero-order valence-electron chi connectivity index (χ0n) is 13.3.